The summed E-state index contributed by atoms with van der Waals surface area (Å²) in [6.07, 6.45) is 1.30. The fraction of sp³-hybridized carbons (Fsp3) is 0.182. The van der Waals surface area contributed by atoms with Crippen molar-refractivity contribution in [2.75, 3.05) is 17.3 Å². The lowest BCUT2D eigenvalue weighted by Crippen LogP contribution is -2.34. The van der Waals surface area contributed by atoms with Crippen LogP contribution >= 0.6 is 0 Å². The van der Waals surface area contributed by atoms with E-state index in [2.05, 4.69) is 95.1 Å². The van der Waals surface area contributed by atoms with Crippen LogP contribution < -0.4 is 15.0 Å². The standard InChI is InChI=1S/C33H30N2O2/c1-37-27-18-16-25(17-19-27)33-32-29(20-26(21-31(32)36)24-12-6-3-7-13-24)34-28-14-8-9-15-30(28)35(33)22-23-10-4-2-5-11-23/h2-19,26,33-34H,20-22H2,1H3/t26-,33-/m0/s1. The zero-order valence-electron chi connectivity index (χ0n) is 20.9. The predicted molar refractivity (Wildman–Crippen MR) is 149 cm³/mol. The van der Waals surface area contributed by atoms with Crippen LogP contribution in [0.3, 0.4) is 0 Å². The first-order valence-corrected chi connectivity index (χ1v) is 12.8. The molecule has 4 nitrogen and oxygen atoms in total. The molecule has 4 heteroatoms. The molecule has 0 bridgehead atoms. The van der Waals surface area contributed by atoms with Gasteiger partial charge < -0.3 is 15.0 Å². The number of fused-ring (bicyclic) bond motifs is 1. The van der Waals surface area contributed by atoms with Gasteiger partial charge in [-0.05, 0) is 53.3 Å². The average Bonchev–Trinajstić information content (AvgIpc) is 3.09. The maximum atomic E-state index is 14.1. The van der Waals surface area contributed by atoms with Gasteiger partial charge in [0, 0.05) is 24.2 Å². The van der Waals surface area contributed by atoms with E-state index in [1.165, 1.54) is 11.1 Å². The summed E-state index contributed by atoms with van der Waals surface area (Å²) in [5.41, 5.74) is 7.50. The van der Waals surface area contributed by atoms with Crippen molar-refractivity contribution in [3.05, 3.63) is 137 Å². The Balaban J connectivity index is 1.52. The molecule has 0 saturated heterocycles. The van der Waals surface area contributed by atoms with E-state index in [0.29, 0.717) is 13.0 Å². The molecule has 1 heterocycles. The minimum atomic E-state index is -0.221. The molecule has 184 valence electrons. The van der Waals surface area contributed by atoms with Crippen molar-refractivity contribution >= 4 is 17.2 Å². The Morgan fingerprint density at radius 1 is 0.784 bits per heavy atom. The van der Waals surface area contributed by atoms with E-state index in [9.17, 15) is 4.79 Å². The molecule has 0 unspecified atom stereocenters. The third-order valence-corrected chi connectivity index (χ3v) is 7.49. The minimum absolute atomic E-state index is 0.157. The van der Waals surface area contributed by atoms with Crippen molar-refractivity contribution in [1.29, 1.82) is 0 Å². The maximum absolute atomic E-state index is 14.1. The Bertz CT molecular complexity index is 1430. The Kier molecular flexibility index (Phi) is 6.23. The number of anilines is 2. The van der Waals surface area contributed by atoms with Gasteiger partial charge in [-0.2, -0.15) is 0 Å². The number of allylic oxidation sites excluding steroid dienone is 1. The second kappa shape index (κ2) is 9.98. The molecule has 4 aromatic carbocycles. The number of para-hydroxylation sites is 2. The van der Waals surface area contributed by atoms with Gasteiger partial charge in [0.1, 0.15) is 5.75 Å². The lowest BCUT2D eigenvalue weighted by Gasteiger charge is -2.36. The number of ether oxygens (including phenoxy) is 1. The predicted octanol–water partition coefficient (Wildman–Crippen LogP) is 7.27. The van der Waals surface area contributed by atoms with Gasteiger partial charge in [0.05, 0.1) is 24.5 Å². The van der Waals surface area contributed by atoms with Crippen molar-refractivity contribution in [3.8, 4) is 5.75 Å². The average molecular weight is 487 g/mol. The molecule has 6 rings (SSSR count). The maximum Gasteiger partial charge on any atom is 0.163 e. The van der Waals surface area contributed by atoms with Crippen LogP contribution in [0.15, 0.2) is 120 Å². The van der Waals surface area contributed by atoms with Crippen LogP contribution in [0.5, 0.6) is 5.75 Å². The molecule has 1 N–H and O–H groups in total. The molecule has 0 radical (unpaired) electrons. The molecule has 37 heavy (non-hydrogen) atoms. The van der Waals surface area contributed by atoms with Crippen molar-refractivity contribution in [2.45, 2.75) is 31.3 Å². The van der Waals surface area contributed by atoms with Crippen LogP contribution in [0.4, 0.5) is 11.4 Å². The summed E-state index contributed by atoms with van der Waals surface area (Å²) in [6, 6.07) is 37.2. The number of rotatable bonds is 5. The highest BCUT2D eigenvalue weighted by Gasteiger charge is 2.39. The van der Waals surface area contributed by atoms with E-state index in [-0.39, 0.29) is 17.7 Å². The summed E-state index contributed by atoms with van der Waals surface area (Å²) >= 11 is 0. The Hall–Kier alpha value is -4.31. The third-order valence-electron chi connectivity index (χ3n) is 7.49. The molecular formula is C33H30N2O2. The van der Waals surface area contributed by atoms with E-state index < -0.39 is 0 Å². The minimum Gasteiger partial charge on any atom is -0.497 e. The number of ketones is 1. The van der Waals surface area contributed by atoms with Crippen LogP contribution in [0.2, 0.25) is 0 Å². The van der Waals surface area contributed by atoms with E-state index in [4.69, 9.17) is 4.74 Å². The molecule has 0 amide bonds. The second-order valence-corrected chi connectivity index (χ2v) is 9.76. The van der Waals surface area contributed by atoms with Crippen molar-refractivity contribution in [3.63, 3.8) is 0 Å². The number of nitrogens with zero attached hydrogens (tertiary/aromatic N) is 1. The van der Waals surface area contributed by atoms with E-state index in [0.717, 1.165) is 40.4 Å². The number of nitrogens with one attached hydrogen (secondary N) is 1. The van der Waals surface area contributed by atoms with Crippen LogP contribution in [-0.4, -0.2) is 12.9 Å². The molecule has 1 aliphatic carbocycles. The SMILES string of the molecule is COc1ccc([C@H]2C3=C(C[C@H](c4ccccc4)CC3=O)Nc3ccccc3N2Cc2ccccc2)cc1. The first kappa shape index (κ1) is 23.1. The summed E-state index contributed by atoms with van der Waals surface area (Å²) in [6.45, 7) is 0.683. The summed E-state index contributed by atoms with van der Waals surface area (Å²) in [4.78, 5) is 16.4. The van der Waals surface area contributed by atoms with Gasteiger partial charge in [0.15, 0.2) is 5.78 Å². The largest absolute Gasteiger partial charge is 0.497 e. The smallest absolute Gasteiger partial charge is 0.163 e. The number of carbonyl (C=O) groups excluding carboxylic acids is 1. The van der Waals surface area contributed by atoms with Crippen LogP contribution in [0.1, 0.15) is 41.5 Å². The van der Waals surface area contributed by atoms with Crippen molar-refractivity contribution in [1.82, 2.24) is 0 Å². The summed E-state index contributed by atoms with van der Waals surface area (Å²) in [5.74, 6) is 1.16. The highest BCUT2D eigenvalue weighted by atomic mass is 16.5. The molecule has 0 fully saturated rings. The first-order valence-electron chi connectivity index (χ1n) is 12.8. The number of carbonyl (C=O) groups is 1. The van der Waals surface area contributed by atoms with Gasteiger partial charge in [-0.15, -0.1) is 0 Å². The van der Waals surface area contributed by atoms with Gasteiger partial charge in [-0.1, -0.05) is 84.9 Å². The van der Waals surface area contributed by atoms with E-state index >= 15 is 0 Å². The molecular weight excluding hydrogens is 456 g/mol. The van der Waals surface area contributed by atoms with Gasteiger partial charge in [-0.3, -0.25) is 4.79 Å². The second-order valence-electron chi connectivity index (χ2n) is 9.76. The lowest BCUT2D eigenvalue weighted by atomic mass is 9.78. The van der Waals surface area contributed by atoms with Gasteiger partial charge in [-0.25, -0.2) is 0 Å². The molecule has 0 aromatic heterocycles. The molecule has 1 aliphatic heterocycles. The van der Waals surface area contributed by atoms with E-state index in [1.807, 2.05) is 24.3 Å². The number of hydrogen-bond acceptors (Lipinski definition) is 4. The first-order chi connectivity index (χ1) is 18.2. The third kappa shape index (κ3) is 4.51. The summed E-state index contributed by atoms with van der Waals surface area (Å²) < 4.78 is 5.45. The number of benzene rings is 4. The summed E-state index contributed by atoms with van der Waals surface area (Å²) in [7, 11) is 1.68. The Morgan fingerprint density at radius 2 is 1.46 bits per heavy atom. The normalized spacial score (nSPS) is 18.9. The molecule has 0 saturated carbocycles. The van der Waals surface area contributed by atoms with Crippen LogP contribution in [-0.2, 0) is 11.3 Å². The zero-order valence-corrected chi connectivity index (χ0v) is 20.9. The molecule has 2 aliphatic rings. The monoisotopic (exact) mass is 486 g/mol. The van der Waals surface area contributed by atoms with Gasteiger partial charge >= 0.3 is 0 Å². The number of Topliss-reactive ketones (excluding diaryl/α,β-unsaturated/α-hetero) is 1. The van der Waals surface area contributed by atoms with Crippen LogP contribution in [0.25, 0.3) is 0 Å². The van der Waals surface area contributed by atoms with Gasteiger partial charge in [0.25, 0.3) is 0 Å². The number of methoxy groups -OCH3 is 1. The Labute approximate surface area is 218 Å². The molecule has 2 atom stereocenters. The summed E-state index contributed by atoms with van der Waals surface area (Å²) in [5, 5.41) is 3.72. The quantitative estimate of drug-likeness (QED) is 0.322. The van der Waals surface area contributed by atoms with Gasteiger partial charge in [0.2, 0.25) is 0 Å². The van der Waals surface area contributed by atoms with Crippen molar-refractivity contribution < 1.29 is 9.53 Å². The number of hydrogen-bond donors (Lipinski definition) is 1. The highest BCUT2D eigenvalue weighted by molar-refractivity contribution is 6.01. The highest BCUT2D eigenvalue weighted by Crippen LogP contribution is 2.48. The van der Waals surface area contributed by atoms with Crippen LogP contribution in [0, 0.1) is 0 Å². The van der Waals surface area contributed by atoms with E-state index in [1.54, 1.807) is 7.11 Å². The lowest BCUT2D eigenvalue weighted by molar-refractivity contribution is -0.116. The zero-order chi connectivity index (χ0) is 25.2. The van der Waals surface area contributed by atoms with Crippen molar-refractivity contribution in [2.24, 2.45) is 0 Å². The molecule has 4 aromatic rings. The topological polar surface area (TPSA) is 41.6 Å². The fourth-order valence-electron chi connectivity index (χ4n) is 5.70. The molecule has 0 spiro atoms. The fourth-order valence-corrected chi connectivity index (χ4v) is 5.70. The Morgan fingerprint density at radius 3 is 2.19 bits per heavy atom.